The minimum absolute atomic E-state index is 0.0266. The van der Waals surface area contributed by atoms with Crippen LogP contribution in [-0.4, -0.2) is 44.4 Å². The van der Waals surface area contributed by atoms with Gasteiger partial charge in [0.05, 0.1) is 39.0 Å². The molecular weight excluding hydrogens is 358 g/mol. The van der Waals surface area contributed by atoms with Gasteiger partial charge >= 0.3 is 21.2 Å². The summed E-state index contributed by atoms with van der Waals surface area (Å²) in [7, 11) is -6.77. The maximum absolute atomic E-state index is 13.5. The lowest BCUT2D eigenvalue weighted by atomic mass is 10.1. The van der Waals surface area contributed by atoms with Crippen LogP contribution in [0.5, 0.6) is 0 Å². The van der Waals surface area contributed by atoms with E-state index >= 15 is 0 Å². The first-order valence-corrected chi connectivity index (χ1v) is 11.1. The zero-order valence-electron chi connectivity index (χ0n) is 15.2. The Morgan fingerprint density at radius 1 is 0.875 bits per heavy atom. The molecule has 0 radical (unpaired) electrons. The average Bonchev–Trinajstić information content (AvgIpc) is 3.18. The molecule has 0 spiro atoms. The van der Waals surface area contributed by atoms with Crippen molar-refractivity contribution < 1.29 is 36.8 Å². The van der Waals surface area contributed by atoms with Crippen molar-refractivity contribution in [3.8, 4) is 0 Å². The number of esters is 1. The Morgan fingerprint density at radius 2 is 1.21 bits per heavy atom. The third-order valence-corrected chi connectivity index (χ3v) is 11.1. The van der Waals surface area contributed by atoms with Crippen molar-refractivity contribution in [1.82, 2.24) is 0 Å². The highest BCUT2D eigenvalue weighted by atomic mass is 31.2. The lowest BCUT2D eigenvalue weighted by Crippen LogP contribution is -2.30. The van der Waals surface area contributed by atoms with Gasteiger partial charge in [-0.05, 0) is 41.0 Å². The second kappa shape index (κ2) is 7.98. The van der Waals surface area contributed by atoms with E-state index in [1.54, 1.807) is 27.7 Å². The Kier molecular flexibility index (Phi) is 7.25. The van der Waals surface area contributed by atoms with Gasteiger partial charge in [0.2, 0.25) is 0 Å². The smallest absolute Gasteiger partial charge is 0.350 e. The standard InChI is InChI=1S/C14H28O8P2/c1-7-19-23(16,20-8-2)14(11-13(14,5)12(15)18-6)24(17,21-9-3)22-10-4/h7-11H2,1-6H3. The summed E-state index contributed by atoms with van der Waals surface area (Å²) < 4.78 is 53.6. The minimum atomic E-state index is -3.99. The van der Waals surface area contributed by atoms with Gasteiger partial charge in [-0.15, -0.1) is 0 Å². The van der Waals surface area contributed by atoms with Gasteiger partial charge in [-0.25, -0.2) is 0 Å². The molecule has 0 bridgehead atoms. The number of hydrogen-bond acceptors (Lipinski definition) is 8. The predicted molar refractivity (Wildman–Crippen MR) is 89.2 cm³/mol. The molecule has 8 nitrogen and oxygen atoms in total. The number of hydrogen-bond donors (Lipinski definition) is 0. The Labute approximate surface area is 143 Å². The fraction of sp³-hybridized carbons (Fsp3) is 0.929. The van der Waals surface area contributed by atoms with Crippen molar-refractivity contribution in [2.75, 3.05) is 33.5 Å². The number of rotatable bonds is 11. The summed E-state index contributed by atoms with van der Waals surface area (Å²) in [6.45, 7) is 8.35. The van der Waals surface area contributed by atoms with E-state index in [0.29, 0.717) is 0 Å². The molecule has 1 atom stereocenters. The Morgan fingerprint density at radius 3 is 1.46 bits per heavy atom. The molecule has 0 aromatic carbocycles. The van der Waals surface area contributed by atoms with E-state index in [9.17, 15) is 13.9 Å². The van der Waals surface area contributed by atoms with E-state index in [2.05, 4.69) is 0 Å². The van der Waals surface area contributed by atoms with Crippen molar-refractivity contribution in [2.24, 2.45) is 5.41 Å². The van der Waals surface area contributed by atoms with E-state index in [4.69, 9.17) is 22.8 Å². The topological polar surface area (TPSA) is 97.4 Å². The van der Waals surface area contributed by atoms with Crippen molar-refractivity contribution in [3.05, 3.63) is 0 Å². The van der Waals surface area contributed by atoms with Crippen molar-refractivity contribution in [1.29, 1.82) is 0 Å². The van der Waals surface area contributed by atoms with Crippen LogP contribution in [0.15, 0.2) is 0 Å². The third kappa shape index (κ3) is 3.13. The maximum atomic E-state index is 13.5. The van der Waals surface area contributed by atoms with E-state index in [-0.39, 0.29) is 32.8 Å². The maximum Gasteiger partial charge on any atom is 0.350 e. The van der Waals surface area contributed by atoms with Gasteiger partial charge in [-0.3, -0.25) is 13.9 Å². The van der Waals surface area contributed by atoms with Crippen molar-refractivity contribution in [2.45, 2.75) is 45.9 Å². The zero-order valence-corrected chi connectivity index (χ0v) is 17.0. The van der Waals surface area contributed by atoms with Gasteiger partial charge in [-0.1, -0.05) is 0 Å². The van der Waals surface area contributed by atoms with Crippen LogP contribution in [0, 0.1) is 5.41 Å². The van der Waals surface area contributed by atoms with E-state index in [0.717, 1.165) is 0 Å². The lowest BCUT2D eigenvalue weighted by Gasteiger charge is -2.34. The first-order chi connectivity index (χ1) is 11.2. The SMILES string of the molecule is CCOP(=O)(OCC)C1(P(=O)(OCC)OCC)CC1(C)C(=O)OC. The third-order valence-electron chi connectivity index (χ3n) is 4.10. The molecule has 1 fully saturated rings. The van der Waals surface area contributed by atoms with Gasteiger partial charge in [-0.2, -0.15) is 0 Å². The van der Waals surface area contributed by atoms with Crippen LogP contribution < -0.4 is 0 Å². The fourth-order valence-electron chi connectivity index (χ4n) is 3.04. The molecule has 1 aliphatic carbocycles. The number of carbonyl (C=O) groups excluding carboxylic acids is 1. The van der Waals surface area contributed by atoms with Crippen molar-refractivity contribution >= 4 is 21.2 Å². The molecular formula is C14H28O8P2. The Balaban J connectivity index is 3.58. The summed E-state index contributed by atoms with van der Waals surface area (Å²) in [6.07, 6.45) is -0.0266. The fourth-order valence-corrected chi connectivity index (χ4v) is 9.71. The second-order valence-corrected chi connectivity index (χ2v) is 10.4. The molecule has 1 unspecified atom stereocenters. The summed E-state index contributed by atoms with van der Waals surface area (Å²) in [5.74, 6) is -0.651. The van der Waals surface area contributed by atoms with Crippen LogP contribution in [0.4, 0.5) is 0 Å². The summed E-state index contributed by atoms with van der Waals surface area (Å²) >= 11 is 0. The first kappa shape index (κ1) is 21.8. The quantitative estimate of drug-likeness (QED) is 0.391. The molecule has 0 heterocycles. The lowest BCUT2D eigenvalue weighted by molar-refractivity contribution is -0.146. The minimum Gasteiger partial charge on any atom is -0.469 e. The molecule has 1 aliphatic rings. The van der Waals surface area contributed by atoms with Crippen LogP contribution in [0.2, 0.25) is 0 Å². The molecule has 0 saturated heterocycles. The molecule has 0 aliphatic heterocycles. The summed E-state index contributed by atoms with van der Waals surface area (Å²) in [6, 6.07) is 0. The molecule has 10 heteroatoms. The average molecular weight is 386 g/mol. The Hall–Kier alpha value is -0.230. The normalized spacial score (nSPS) is 23.1. The molecule has 1 saturated carbocycles. The van der Waals surface area contributed by atoms with Crippen molar-refractivity contribution in [3.63, 3.8) is 0 Å². The molecule has 0 N–H and O–H groups in total. The van der Waals surface area contributed by atoms with Crippen LogP contribution in [0.25, 0.3) is 0 Å². The monoisotopic (exact) mass is 386 g/mol. The van der Waals surface area contributed by atoms with Crippen LogP contribution in [-0.2, 0) is 36.8 Å². The van der Waals surface area contributed by atoms with Gasteiger partial charge in [0, 0.05) is 0 Å². The van der Waals surface area contributed by atoms with Gasteiger partial charge < -0.3 is 22.8 Å². The number of methoxy groups -OCH3 is 1. The first-order valence-electron chi connectivity index (χ1n) is 8.05. The highest BCUT2D eigenvalue weighted by molar-refractivity contribution is 7.75. The number of carbonyl (C=O) groups is 1. The number of ether oxygens (including phenoxy) is 1. The van der Waals surface area contributed by atoms with Crippen LogP contribution in [0.3, 0.4) is 0 Å². The predicted octanol–water partition coefficient (Wildman–Crippen LogP) is 3.80. The van der Waals surface area contributed by atoms with E-state index < -0.39 is 31.5 Å². The molecule has 24 heavy (non-hydrogen) atoms. The van der Waals surface area contributed by atoms with Gasteiger partial charge in [0.15, 0.2) is 4.90 Å². The summed E-state index contributed by atoms with van der Waals surface area (Å²) in [5, 5.41) is 0. The molecule has 0 aromatic rings. The van der Waals surface area contributed by atoms with E-state index in [1.807, 2.05) is 0 Å². The van der Waals surface area contributed by atoms with Crippen LogP contribution >= 0.6 is 15.2 Å². The molecule has 0 amide bonds. The van der Waals surface area contributed by atoms with Gasteiger partial charge in [0.1, 0.15) is 0 Å². The highest BCUT2D eigenvalue weighted by Crippen LogP contribution is 2.93. The summed E-state index contributed by atoms with van der Waals surface area (Å²) in [4.78, 5) is 10.6. The zero-order chi connectivity index (χ0) is 18.6. The molecule has 142 valence electrons. The van der Waals surface area contributed by atoms with Crippen LogP contribution in [0.1, 0.15) is 41.0 Å². The largest absolute Gasteiger partial charge is 0.469 e. The Bertz CT molecular complexity index is 499. The van der Waals surface area contributed by atoms with Gasteiger partial charge in [0.25, 0.3) is 0 Å². The van der Waals surface area contributed by atoms with E-state index in [1.165, 1.54) is 14.0 Å². The summed E-state index contributed by atoms with van der Waals surface area (Å²) in [5.41, 5.74) is -1.35. The molecule has 1 rings (SSSR count). The second-order valence-electron chi connectivity index (χ2n) is 5.48. The highest BCUT2D eigenvalue weighted by Gasteiger charge is 2.89. The molecule has 0 aromatic heterocycles.